The summed E-state index contributed by atoms with van der Waals surface area (Å²) in [7, 11) is 0. The van der Waals surface area contributed by atoms with E-state index in [0.29, 0.717) is 53.2 Å². The van der Waals surface area contributed by atoms with Crippen LogP contribution in [0.15, 0.2) is 84.9 Å². The number of fused-ring (bicyclic) bond motifs is 2. The molecule has 4 aromatic carbocycles. The molecule has 2 unspecified atom stereocenters. The number of hydrogen-bond acceptors (Lipinski definition) is 12. The molecule has 2 saturated heterocycles. The molecule has 0 bridgehead atoms. The van der Waals surface area contributed by atoms with E-state index < -0.39 is 23.8 Å². The summed E-state index contributed by atoms with van der Waals surface area (Å²) in [4.78, 5) is 63.8. The minimum absolute atomic E-state index is 0.0303. The van der Waals surface area contributed by atoms with Gasteiger partial charge in [-0.3, -0.25) is 9.59 Å². The Labute approximate surface area is 266 Å². The summed E-state index contributed by atoms with van der Waals surface area (Å²) in [6.45, 7) is 1.48. The zero-order valence-corrected chi connectivity index (χ0v) is 24.5. The smallest absolute Gasteiger partial charge is 0.338 e. The predicted octanol–water partition coefficient (Wildman–Crippen LogP) is 4.50. The van der Waals surface area contributed by atoms with Crippen molar-refractivity contribution < 1.29 is 52.5 Å². The molecule has 2 atom stereocenters. The molecule has 0 N–H and O–H groups in total. The molecule has 0 saturated carbocycles. The SMILES string of the molecule is O=C(OCC1CO1)c1ccc2c(c1)ON(c1ccc(Oc3cccc(N4C(=O)c5ccc(C(=O)OCC6CO6)cc5C4=O)c3)cc1)O2. The molecule has 13 nitrogen and oxygen atoms in total. The van der Waals surface area contributed by atoms with Gasteiger partial charge in [0.2, 0.25) is 11.5 Å². The van der Waals surface area contributed by atoms with E-state index in [-0.39, 0.29) is 42.1 Å². The molecule has 4 aliphatic rings. The van der Waals surface area contributed by atoms with Gasteiger partial charge in [-0.25, -0.2) is 14.5 Å². The Morgan fingerprint density at radius 3 is 2.00 bits per heavy atom. The van der Waals surface area contributed by atoms with Crippen LogP contribution in [0.3, 0.4) is 0 Å². The second-order valence-electron chi connectivity index (χ2n) is 11.0. The van der Waals surface area contributed by atoms with Crippen LogP contribution in [0.5, 0.6) is 23.0 Å². The molecule has 13 heteroatoms. The Kier molecular flexibility index (Phi) is 6.96. The van der Waals surface area contributed by atoms with E-state index in [4.69, 9.17) is 33.4 Å². The number of imide groups is 1. The average molecular weight is 637 g/mol. The zero-order valence-electron chi connectivity index (χ0n) is 24.5. The molecule has 0 spiro atoms. The van der Waals surface area contributed by atoms with Crippen molar-refractivity contribution in [3.8, 4) is 23.0 Å². The monoisotopic (exact) mass is 636 g/mol. The van der Waals surface area contributed by atoms with Crippen molar-refractivity contribution in [3.63, 3.8) is 0 Å². The number of rotatable bonds is 10. The van der Waals surface area contributed by atoms with Crippen molar-refractivity contribution in [3.05, 3.63) is 107 Å². The van der Waals surface area contributed by atoms with Gasteiger partial charge in [-0.1, -0.05) is 6.07 Å². The summed E-state index contributed by atoms with van der Waals surface area (Å²) >= 11 is 0. The number of anilines is 2. The number of ether oxygens (including phenoxy) is 5. The Hall–Kier alpha value is -5.92. The van der Waals surface area contributed by atoms with Crippen LogP contribution in [0.25, 0.3) is 0 Å². The van der Waals surface area contributed by atoms with Gasteiger partial charge in [0, 0.05) is 12.1 Å². The summed E-state index contributed by atoms with van der Waals surface area (Å²) in [6.07, 6.45) is -0.121. The van der Waals surface area contributed by atoms with Crippen LogP contribution in [0.2, 0.25) is 0 Å². The molecular weight excluding hydrogens is 612 g/mol. The lowest BCUT2D eigenvalue weighted by atomic mass is 10.1. The average Bonchev–Trinajstić information content (AvgIpc) is 4.03. The van der Waals surface area contributed by atoms with Gasteiger partial charge in [0.25, 0.3) is 11.8 Å². The zero-order chi connectivity index (χ0) is 32.1. The van der Waals surface area contributed by atoms with Crippen LogP contribution in [0.1, 0.15) is 41.4 Å². The number of carbonyl (C=O) groups is 4. The third kappa shape index (κ3) is 5.80. The second-order valence-corrected chi connectivity index (χ2v) is 11.0. The number of esters is 2. The van der Waals surface area contributed by atoms with Crippen LogP contribution in [-0.2, 0) is 18.9 Å². The molecule has 4 aliphatic heterocycles. The lowest BCUT2D eigenvalue weighted by Crippen LogP contribution is -2.29. The summed E-state index contributed by atoms with van der Waals surface area (Å²) in [5, 5.41) is 1.21. The highest BCUT2D eigenvalue weighted by atomic mass is 17.0. The summed E-state index contributed by atoms with van der Waals surface area (Å²) in [5.74, 6) is -0.519. The van der Waals surface area contributed by atoms with E-state index >= 15 is 0 Å². The molecule has 2 fully saturated rings. The van der Waals surface area contributed by atoms with Gasteiger partial charge >= 0.3 is 11.9 Å². The summed E-state index contributed by atoms with van der Waals surface area (Å²) < 4.78 is 26.6. The van der Waals surface area contributed by atoms with E-state index in [9.17, 15) is 19.2 Å². The standard InChI is InChI=1S/C34H24N2O11/c37-31-27-10-4-19(33(39)43-17-25-15-41-25)12-28(27)32(38)35(31)22-2-1-3-24(14-22)45-23-8-6-21(7-9-23)36-46-29-11-5-20(13-30(29)47-36)34(40)44-18-26-16-42-26/h1-14,25-26H,15-18H2. The molecule has 4 heterocycles. The van der Waals surface area contributed by atoms with E-state index in [2.05, 4.69) is 0 Å². The van der Waals surface area contributed by atoms with Crippen LogP contribution in [0, 0.1) is 0 Å². The Morgan fingerprint density at radius 1 is 0.660 bits per heavy atom. The number of benzene rings is 4. The number of epoxide rings is 2. The lowest BCUT2D eigenvalue weighted by molar-refractivity contribution is 0.0468. The van der Waals surface area contributed by atoms with E-state index in [0.717, 1.165) is 4.90 Å². The van der Waals surface area contributed by atoms with Crippen molar-refractivity contribution in [2.45, 2.75) is 12.2 Å². The second kappa shape index (κ2) is 11.5. The van der Waals surface area contributed by atoms with Crippen LogP contribution in [0.4, 0.5) is 11.4 Å². The summed E-state index contributed by atoms with van der Waals surface area (Å²) in [6, 6.07) is 22.4. The van der Waals surface area contributed by atoms with Crippen molar-refractivity contribution in [2.75, 3.05) is 36.6 Å². The van der Waals surface area contributed by atoms with Crippen LogP contribution in [-0.4, -0.2) is 62.4 Å². The van der Waals surface area contributed by atoms with E-state index in [1.807, 2.05) is 0 Å². The molecule has 47 heavy (non-hydrogen) atoms. The van der Waals surface area contributed by atoms with Gasteiger partial charge in [-0.15, -0.1) is 0 Å². The predicted molar refractivity (Wildman–Crippen MR) is 161 cm³/mol. The minimum atomic E-state index is -0.595. The normalized spacial score (nSPS) is 18.6. The first-order chi connectivity index (χ1) is 22.9. The maximum Gasteiger partial charge on any atom is 0.338 e. The Balaban J connectivity index is 0.917. The molecule has 8 rings (SSSR count). The largest absolute Gasteiger partial charge is 0.459 e. The maximum atomic E-state index is 13.3. The van der Waals surface area contributed by atoms with Crippen LogP contribution >= 0.6 is 0 Å². The quantitative estimate of drug-likeness (QED) is 0.137. The number of nitrogens with zero attached hydrogens (tertiary/aromatic N) is 2. The molecular formula is C34H24N2O11. The third-order valence-corrected chi connectivity index (χ3v) is 7.63. The fourth-order valence-corrected chi connectivity index (χ4v) is 4.98. The van der Waals surface area contributed by atoms with Gasteiger partial charge in [-0.2, -0.15) is 0 Å². The molecule has 236 valence electrons. The summed E-state index contributed by atoms with van der Waals surface area (Å²) in [5.41, 5.74) is 1.65. The van der Waals surface area contributed by atoms with Gasteiger partial charge in [-0.05, 0) is 72.0 Å². The van der Waals surface area contributed by atoms with E-state index in [1.165, 1.54) is 23.4 Å². The first-order valence-electron chi connectivity index (χ1n) is 14.7. The minimum Gasteiger partial charge on any atom is -0.459 e. The number of amides is 2. The maximum absolute atomic E-state index is 13.3. The first kappa shape index (κ1) is 28.5. The van der Waals surface area contributed by atoms with Crippen molar-refractivity contribution in [2.24, 2.45) is 0 Å². The molecule has 4 aromatic rings. The topological polar surface area (TPSA) is 146 Å². The molecule has 2 amide bonds. The number of carbonyl (C=O) groups excluding carboxylic acids is 4. The third-order valence-electron chi connectivity index (χ3n) is 7.63. The fraction of sp³-hybridized carbons (Fsp3) is 0.176. The fourth-order valence-electron chi connectivity index (χ4n) is 4.98. The molecule has 0 aliphatic carbocycles. The van der Waals surface area contributed by atoms with Crippen molar-refractivity contribution in [1.82, 2.24) is 0 Å². The first-order valence-corrected chi connectivity index (χ1v) is 14.7. The molecule has 0 aromatic heterocycles. The van der Waals surface area contributed by atoms with Crippen molar-refractivity contribution >= 4 is 35.1 Å². The van der Waals surface area contributed by atoms with E-state index in [1.54, 1.807) is 66.7 Å². The highest BCUT2D eigenvalue weighted by molar-refractivity contribution is 6.34. The Bertz CT molecular complexity index is 1930. The highest BCUT2D eigenvalue weighted by Crippen LogP contribution is 2.38. The van der Waals surface area contributed by atoms with Gasteiger partial charge < -0.3 is 33.4 Å². The highest BCUT2D eigenvalue weighted by Gasteiger charge is 2.38. The van der Waals surface area contributed by atoms with Crippen molar-refractivity contribution in [1.29, 1.82) is 0 Å². The van der Waals surface area contributed by atoms with Crippen LogP contribution < -0.4 is 24.5 Å². The molecule has 0 radical (unpaired) electrons. The Morgan fingerprint density at radius 2 is 1.30 bits per heavy atom. The van der Waals surface area contributed by atoms with Gasteiger partial charge in [0.1, 0.15) is 42.6 Å². The van der Waals surface area contributed by atoms with Gasteiger partial charge in [0.05, 0.1) is 41.2 Å². The number of hydrogen-bond donors (Lipinski definition) is 0. The lowest BCUT2D eigenvalue weighted by Gasteiger charge is -2.16. The van der Waals surface area contributed by atoms with Gasteiger partial charge in [0.15, 0.2) is 0 Å².